The minimum Gasteiger partial charge on any atom is -0.497 e. The van der Waals surface area contributed by atoms with Crippen LogP contribution in [0, 0.1) is 11.6 Å². The van der Waals surface area contributed by atoms with Crippen LogP contribution in [0.15, 0.2) is 64.8 Å². The molecule has 158 valence electrons. The van der Waals surface area contributed by atoms with E-state index in [4.69, 9.17) is 4.74 Å². The number of aromatic nitrogens is 4. The molecule has 0 bridgehead atoms. The summed E-state index contributed by atoms with van der Waals surface area (Å²) in [7, 11) is 1.54. The van der Waals surface area contributed by atoms with Gasteiger partial charge in [0.15, 0.2) is 5.16 Å². The lowest BCUT2D eigenvalue weighted by Gasteiger charge is -2.08. The number of hydrogen-bond acceptors (Lipinski definition) is 6. The Morgan fingerprint density at radius 1 is 1.16 bits per heavy atom. The average Bonchev–Trinajstić information content (AvgIpc) is 3.18. The van der Waals surface area contributed by atoms with Crippen LogP contribution in [-0.2, 0) is 4.79 Å². The number of benzene rings is 2. The highest BCUT2D eigenvalue weighted by atomic mass is 32.2. The van der Waals surface area contributed by atoms with Crippen LogP contribution in [0.4, 0.5) is 14.5 Å². The summed E-state index contributed by atoms with van der Waals surface area (Å²) in [6, 6.07) is 9.86. The summed E-state index contributed by atoms with van der Waals surface area (Å²) >= 11 is 1.02. The fourth-order valence-electron chi connectivity index (χ4n) is 2.84. The number of anilines is 1. The van der Waals surface area contributed by atoms with E-state index in [9.17, 15) is 18.4 Å². The van der Waals surface area contributed by atoms with Gasteiger partial charge >= 0.3 is 5.56 Å². The molecule has 0 unspecified atom stereocenters. The first kappa shape index (κ1) is 20.5. The number of carbonyl (C=O) groups excluding carboxylic acids is 1. The molecule has 0 aliphatic heterocycles. The number of amides is 1. The minimum absolute atomic E-state index is 0.0813. The Kier molecular flexibility index (Phi) is 5.67. The third-order valence-electron chi connectivity index (χ3n) is 4.31. The largest absolute Gasteiger partial charge is 0.497 e. The Bertz CT molecular complexity index is 1340. The summed E-state index contributed by atoms with van der Waals surface area (Å²) in [5.74, 6) is -1.64. The lowest BCUT2D eigenvalue weighted by atomic mass is 10.3. The molecule has 0 aliphatic rings. The first-order chi connectivity index (χ1) is 15.0. The van der Waals surface area contributed by atoms with E-state index in [1.54, 1.807) is 36.7 Å². The van der Waals surface area contributed by atoms with Gasteiger partial charge in [-0.2, -0.15) is 0 Å². The molecule has 2 heterocycles. The molecule has 2 aromatic carbocycles. The Labute approximate surface area is 178 Å². The fourth-order valence-corrected chi connectivity index (χ4v) is 3.55. The van der Waals surface area contributed by atoms with Gasteiger partial charge in [-0.15, -0.1) is 10.2 Å². The summed E-state index contributed by atoms with van der Waals surface area (Å²) in [5, 5.41) is 10.6. The van der Waals surface area contributed by atoms with E-state index in [0.717, 1.165) is 23.9 Å². The van der Waals surface area contributed by atoms with Gasteiger partial charge in [0.25, 0.3) is 0 Å². The number of carbonyl (C=O) groups is 1. The maximum absolute atomic E-state index is 13.7. The van der Waals surface area contributed by atoms with Crippen molar-refractivity contribution in [3.63, 3.8) is 0 Å². The second kappa shape index (κ2) is 8.56. The van der Waals surface area contributed by atoms with Crippen molar-refractivity contribution in [1.29, 1.82) is 0 Å². The highest BCUT2D eigenvalue weighted by Crippen LogP contribution is 2.19. The average molecular weight is 443 g/mol. The number of ether oxygens (including phenoxy) is 1. The zero-order chi connectivity index (χ0) is 22.0. The number of hydrogen-bond donors (Lipinski definition) is 1. The van der Waals surface area contributed by atoms with Crippen LogP contribution in [0.25, 0.3) is 11.3 Å². The molecule has 4 aromatic rings. The van der Waals surface area contributed by atoms with Crippen LogP contribution in [0.2, 0.25) is 0 Å². The van der Waals surface area contributed by atoms with Gasteiger partial charge in [0, 0.05) is 24.5 Å². The maximum Gasteiger partial charge on any atom is 0.300 e. The Morgan fingerprint density at radius 3 is 2.77 bits per heavy atom. The molecule has 0 spiro atoms. The van der Waals surface area contributed by atoms with Gasteiger partial charge in [0.05, 0.1) is 24.2 Å². The first-order valence-corrected chi connectivity index (χ1v) is 9.93. The van der Waals surface area contributed by atoms with Gasteiger partial charge in [-0.3, -0.25) is 18.6 Å². The molecule has 0 saturated carbocycles. The SMILES string of the molecule is COc1cccc(-n2ccn3c(SCC(=O)Nc4ccc(F)cc4F)nnc3c2=O)c1. The highest BCUT2D eigenvalue weighted by Gasteiger charge is 2.15. The van der Waals surface area contributed by atoms with Crippen molar-refractivity contribution in [2.24, 2.45) is 0 Å². The van der Waals surface area contributed by atoms with Crippen LogP contribution < -0.4 is 15.6 Å². The summed E-state index contributed by atoms with van der Waals surface area (Å²) in [4.78, 5) is 24.9. The lowest BCUT2D eigenvalue weighted by Crippen LogP contribution is -2.20. The molecule has 0 atom stereocenters. The molecule has 11 heteroatoms. The summed E-state index contributed by atoms with van der Waals surface area (Å²) < 4.78 is 34.7. The van der Waals surface area contributed by atoms with E-state index in [-0.39, 0.29) is 17.1 Å². The predicted molar refractivity (Wildman–Crippen MR) is 111 cm³/mol. The molecule has 1 amide bonds. The number of nitrogens with one attached hydrogen (secondary N) is 1. The van der Waals surface area contributed by atoms with Crippen LogP contribution in [0.3, 0.4) is 0 Å². The second-order valence-corrected chi connectivity index (χ2v) is 7.25. The van der Waals surface area contributed by atoms with E-state index >= 15 is 0 Å². The fraction of sp³-hybridized carbons (Fsp3) is 0.100. The van der Waals surface area contributed by atoms with Crippen molar-refractivity contribution >= 4 is 29.0 Å². The van der Waals surface area contributed by atoms with Crippen molar-refractivity contribution in [1.82, 2.24) is 19.2 Å². The number of methoxy groups -OCH3 is 1. The van der Waals surface area contributed by atoms with Crippen LogP contribution >= 0.6 is 11.8 Å². The van der Waals surface area contributed by atoms with Gasteiger partial charge in [-0.25, -0.2) is 8.78 Å². The summed E-state index contributed by atoms with van der Waals surface area (Å²) in [6.45, 7) is 0. The molecule has 4 rings (SSSR count). The van der Waals surface area contributed by atoms with E-state index < -0.39 is 23.1 Å². The lowest BCUT2D eigenvalue weighted by molar-refractivity contribution is -0.113. The van der Waals surface area contributed by atoms with Crippen LogP contribution in [0.5, 0.6) is 5.75 Å². The number of nitrogens with zero attached hydrogens (tertiary/aromatic N) is 4. The van der Waals surface area contributed by atoms with Gasteiger partial charge in [-0.1, -0.05) is 17.8 Å². The number of fused-ring (bicyclic) bond motifs is 1. The molecule has 31 heavy (non-hydrogen) atoms. The van der Waals surface area contributed by atoms with E-state index in [1.807, 2.05) is 0 Å². The smallest absolute Gasteiger partial charge is 0.300 e. The van der Waals surface area contributed by atoms with Crippen molar-refractivity contribution in [2.75, 3.05) is 18.2 Å². The standard InChI is InChI=1S/C20H15F2N5O3S/c1-30-14-4-2-3-13(10-14)26-7-8-27-18(19(26)29)24-25-20(27)31-11-17(28)23-16-6-5-12(21)9-15(16)22/h2-10H,11H2,1H3,(H,23,28). The Balaban J connectivity index is 1.52. The van der Waals surface area contributed by atoms with E-state index in [1.165, 1.54) is 16.1 Å². The Morgan fingerprint density at radius 2 is 2.00 bits per heavy atom. The molecule has 0 radical (unpaired) electrons. The van der Waals surface area contributed by atoms with E-state index in [2.05, 4.69) is 15.5 Å². The molecular weight excluding hydrogens is 428 g/mol. The number of rotatable bonds is 6. The van der Waals surface area contributed by atoms with Gasteiger partial charge in [-0.05, 0) is 24.3 Å². The quantitative estimate of drug-likeness (QED) is 0.461. The van der Waals surface area contributed by atoms with Gasteiger partial charge < -0.3 is 10.1 Å². The van der Waals surface area contributed by atoms with Crippen LogP contribution in [-0.4, -0.2) is 37.9 Å². The minimum atomic E-state index is -0.871. The monoisotopic (exact) mass is 443 g/mol. The van der Waals surface area contributed by atoms with Gasteiger partial charge in [0.2, 0.25) is 11.6 Å². The zero-order valence-corrected chi connectivity index (χ0v) is 16.9. The van der Waals surface area contributed by atoms with Gasteiger partial charge in [0.1, 0.15) is 17.4 Å². The van der Waals surface area contributed by atoms with Crippen molar-refractivity contribution < 1.29 is 18.3 Å². The third kappa shape index (κ3) is 4.26. The Hall–Kier alpha value is -3.73. The zero-order valence-electron chi connectivity index (χ0n) is 16.1. The van der Waals surface area contributed by atoms with Crippen molar-refractivity contribution in [2.45, 2.75) is 5.16 Å². The topological polar surface area (TPSA) is 90.5 Å². The molecule has 0 saturated heterocycles. The third-order valence-corrected chi connectivity index (χ3v) is 5.25. The van der Waals surface area contributed by atoms with Crippen molar-refractivity contribution in [3.05, 3.63) is 76.8 Å². The number of thioether (sulfide) groups is 1. The second-order valence-electron chi connectivity index (χ2n) is 6.31. The number of halogens is 2. The van der Waals surface area contributed by atoms with E-state index in [0.29, 0.717) is 22.7 Å². The molecule has 2 aromatic heterocycles. The van der Waals surface area contributed by atoms with Crippen LogP contribution in [0.1, 0.15) is 0 Å². The highest BCUT2D eigenvalue weighted by molar-refractivity contribution is 7.99. The summed E-state index contributed by atoms with van der Waals surface area (Å²) in [6.07, 6.45) is 3.17. The predicted octanol–water partition coefficient (Wildman–Crippen LogP) is 2.90. The molecule has 1 N–H and O–H groups in total. The van der Waals surface area contributed by atoms with Crippen molar-refractivity contribution in [3.8, 4) is 11.4 Å². The molecule has 0 fully saturated rings. The summed E-state index contributed by atoms with van der Waals surface area (Å²) in [5.41, 5.74) is 0.162. The maximum atomic E-state index is 13.7. The molecular formula is C20H15F2N5O3S. The molecule has 0 aliphatic carbocycles. The normalized spacial score (nSPS) is 10.9. The first-order valence-electron chi connectivity index (χ1n) is 8.95. The molecule has 8 nitrogen and oxygen atoms in total.